The first-order valence-electron chi connectivity index (χ1n) is 22.2. The number of likely N-dealkylation sites (tertiary alicyclic amines) is 1. The van der Waals surface area contributed by atoms with Crippen molar-refractivity contribution < 1.29 is 33.0 Å². The van der Waals surface area contributed by atoms with Crippen LogP contribution in [0.4, 0.5) is 21.8 Å². The molecule has 3 atom stereocenters. The molecular formula is C46H53ClFN9O7. The number of pyridine rings is 1. The Labute approximate surface area is 374 Å². The summed E-state index contributed by atoms with van der Waals surface area (Å²) >= 11 is 6.59. The van der Waals surface area contributed by atoms with Gasteiger partial charge in [-0.25, -0.2) is 9.37 Å². The van der Waals surface area contributed by atoms with E-state index in [0.29, 0.717) is 60.5 Å². The van der Waals surface area contributed by atoms with Crippen molar-refractivity contribution in [3.05, 3.63) is 80.7 Å². The predicted molar refractivity (Wildman–Crippen MR) is 238 cm³/mol. The van der Waals surface area contributed by atoms with Gasteiger partial charge in [0.15, 0.2) is 18.2 Å². The number of aromatic nitrogens is 3. The van der Waals surface area contributed by atoms with Gasteiger partial charge in [0.05, 0.1) is 23.9 Å². The van der Waals surface area contributed by atoms with E-state index in [0.717, 1.165) is 54.3 Å². The lowest BCUT2D eigenvalue weighted by atomic mass is 9.82. The Morgan fingerprint density at radius 3 is 2.53 bits per heavy atom. The number of alkyl halides is 1. The van der Waals surface area contributed by atoms with Gasteiger partial charge in [0.25, 0.3) is 17.4 Å². The highest BCUT2D eigenvalue weighted by Crippen LogP contribution is 2.39. The number of piperidine rings is 3. The number of fused-ring (bicyclic) bond motifs is 2. The number of carbonyl (C=O) groups excluding carboxylic acids is 4. The fourth-order valence-electron chi connectivity index (χ4n) is 9.84. The normalized spacial score (nSPS) is 24.2. The highest BCUT2D eigenvalue weighted by atomic mass is 35.5. The van der Waals surface area contributed by atoms with Gasteiger partial charge in [-0.1, -0.05) is 23.7 Å². The van der Waals surface area contributed by atoms with Crippen LogP contribution in [0, 0.1) is 0 Å². The molecule has 64 heavy (non-hydrogen) atoms. The second kappa shape index (κ2) is 18.1. The van der Waals surface area contributed by atoms with Crippen molar-refractivity contribution in [3.63, 3.8) is 0 Å². The number of nitrogens with zero attached hydrogens (tertiary/aromatic N) is 6. The molecule has 18 heteroatoms. The molecule has 9 rings (SSSR count). The van der Waals surface area contributed by atoms with Gasteiger partial charge in [0, 0.05) is 74.3 Å². The molecule has 3 saturated heterocycles. The molecule has 0 spiro atoms. The van der Waals surface area contributed by atoms with Gasteiger partial charge in [0.1, 0.15) is 17.2 Å². The SMILES string of the molecule is CNC(=O)COc1cc2cc(Nc3nc(N4CCC(OC5CC(N6CC[C@@H](c7ccc8c(c7)CN([C@@H]7CCC(=O)NC7=O)C8=O)[C@@H](F)C6)C5)CC4)ncc3Cl)ccc2n(C(C)C)c1=O. The molecule has 1 saturated carbocycles. The third kappa shape index (κ3) is 8.76. The van der Waals surface area contributed by atoms with Crippen molar-refractivity contribution in [1.29, 1.82) is 0 Å². The molecule has 4 aromatic rings. The van der Waals surface area contributed by atoms with E-state index < -0.39 is 18.1 Å². The lowest BCUT2D eigenvalue weighted by Crippen LogP contribution is -2.54. The van der Waals surface area contributed by atoms with Crippen LogP contribution in [0.5, 0.6) is 5.75 Å². The van der Waals surface area contributed by atoms with Gasteiger partial charge in [0.2, 0.25) is 17.8 Å². The van der Waals surface area contributed by atoms with Crippen molar-refractivity contribution in [2.45, 2.75) is 108 Å². The molecule has 16 nitrogen and oxygen atoms in total. The molecule has 4 aliphatic heterocycles. The molecule has 338 valence electrons. The number of ether oxygens (including phenoxy) is 2. The van der Waals surface area contributed by atoms with Gasteiger partial charge in [-0.15, -0.1) is 0 Å². The number of anilines is 3. The first kappa shape index (κ1) is 43.6. The quantitative estimate of drug-likeness (QED) is 0.162. The van der Waals surface area contributed by atoms with Crippen molar-refractivity contribution in [1.82, 2.24) is 35.0 Å². The van der Waals surface area contributed by atoms with Gasteiger partial charge in [-0.2, -0.15) is 4.98 Å². The molecule has 0 bridgehead atoms. The zero-order valence-electron chi connectivity index (χ0n) is 36.1. The van der Waals surface area contributed by atoms with Crippen molar-refractivity contribution in [2.24, 2.45) is 0 Å². The third-order valence-corrected chi connectivity index (χ3v) is 13.7. The minimum absolute atomic E-state index is 0.0815. The van der Waals surface area contributed by atoms with E-state index in [-0.39, 0.29) is 78.8 Å². The zero-order valence-corrected chi connectivity index (χ0v) is 36.9. The Morgan fingerprint density at radius 2 is 1.80 bits per heavy atom. The second-order valence-corrected chi connectivity index (χ2v) is 18.2. The van der Waals surface area contributed by atoms with E-state index in [1.54, 1.807) is 22.9 Å². The van der Waals surface area contributed by atoms with Gasteiger partial charge >= 0.3 is 0 Å². The largest absolute Gasteiger partial charge is 0.478 e. The van der Waals surface area contributed by atoms with Gasteiger partial charge in [-0.05, 0) is 100 Å². The molecule has 0 radical (unpaired) electrons. The number of nitrogens with one attached hydrogen (secondary N) is 3. The Balaban J connectivity index is 0.749. The summed E-state index contributed by atoms with van der Waals surface area (Å²) in [5.74, 6) is -0.513. The summed E-state index contributed by atoms with van der Waals surface area (Å²) in [6, 6.07) is 12.3. The van der Waals surface area contributed by atoms with Gasteiger partial charge < -0.3 is 34.5 Å². The number of hydrogen-bond acceptors (Lipinski definition) is 12. The third-order valence-electron chi connectivity index (χ3n) is 13.4. The van der Waals surface area contributed by atoms with E-state index in [9.17, 15) is 24.0 Å². The number of halogens is 2. The number of imide groups is 1. The fourth-order valence-corrected chi connectivity index (χ4v) is 9.97. The van der Waals surface area contributed by atoms with Crippen LogP contribution in [0.25, 0.3) is 10.9 Å². The Hall–Kier alpha value is -5.65. The number of hydrogen-bond donors (Lipinski definition) is 3. The second-order valence-electron chi connectivity index (χ2n) is 17.8. The smallest absolute Gasteiger partial charge is 0.293 e. The van der Waals surface area contributed by atoms with Crippen LogP contribution in [0.2, 0.25) is 5.02 Å². The summed E-state index contributed by atoms with van der Waals surface area (Å²) in [5.41, 5.74) is 3.33. The number of carbonyl (C=O) groups is 4. The Morgan fingerprint density at radius 1 is 1.00 bits per heavy atom. The standard InChI is InChI=1S/C46H53ClFN9O7/c1-25(2)57-37-7-5-29(17-27(37)18-39(45(57)62)63-24-41(59)49-3)51-42-35(47)21-50-46(53-42)54-13-10-31(11-14-54)64-32-19-30(20-32)55-15-12-33(36(48)23-55)26-4-6-34-28(16-26)22-56(44(34)61)38-8-9-40(58)52-43(38)60/h4-7,16-18,21,25,30-33,36,38H,8-15,19-20,22-24H2,1-3H3,(H,49,59)(H,50,51,53)(H,52,58,60)/t30?,32?,33-,36-,38+/m0/s1. The molecule has 4 fully saturated rings. The van der Waals surface area contributed by atoms with E-state index in [4.69, 9.17) is 26.1 Å². The summed E-state index contributed by atoms with van der Waals surface area (Å²) in [4.78, 5) is 77.6. The maximum Gasteiger partial charge on any atom is 0.293 e. The first-order chi connectivity index (χ1) is 30.8. The van der Waals surface area contributed by atoms with Crippen LogP contribution < -0.4 is 31.1 Å². The Kier molecular flexibility index (Phi) is 12.3. The minimum atomic E-state index is -1.04. The van der Waals surface area contributed by atoms with E-state index in [1.807, 2.05) is 44.2 Å². The molecular weight excluding hydrogens is 845 g/mol. The van der Waals surface area contributed by atoms with Crippen molar-refractivity contribution in [3.8, 4) is 5.75 Å². The average Bonchev–Trinajstić information content (AvgIpc) is 3.59. The van der Waals surface area contributed by atoms with E-state index in [2.05, 4.69) is 30.7 Å². The van der Waals surface area contributed by atoms with Crippen molar-refractivity contribution in [2.75, 3.05) is 50.1 Å². The highest BCUT2D eigenvalue weighted by molar-refractivity contribution is 6.33. The molecule has 2 aromatic heterocycles. The first-order valence-corrected chi connectivity index (χ1v) is 22.6. The summed E-state index contributed by atoms with van der Waals surface area (Å²) in [6.45, 7) is 6.40. The average molecular weight is 898 g/mol. The maximum atomic E-state index is 15.9. The van der Waals surface area contributed by atoms with Crippen LogP contribution >= 0.6 is 11.6 Å². The number of likely N-dealkylation sites (N-methyl/N-ethyl adjacent to an activating group) is 1. The monoisotopic (exact) mass is 897 g/mol. The van der Waals surface area contributed by atoms with Crippen molar-refractivity contribution >= 4 is 63.6 Å². The molecule has 2 aromatic carbocycles. The molecule has 3 N–H and O–H groups in total. The van der Waals surface area contributed by atoms with Crippen LogP contribution in [0.1, 0.15) is 92.2 Å². The summed E-state index contributed by atoms with van der Waals surface area (Å²) in [7, 11) is 1.51. The summed E-state index contributed by atoms with van der Waals surface area (Å²) < 4.78 is 29.7. The van der Waals surface area contributed by atoms with Gasteiger partial charge in [-0.3, -0.25) is 34.2 Å². The topological polar surface area (TPSA) is 180 Å². The lowest BCUT2D eigenvalue weighted by Gasteiger charge is -2.47. The molecule has 4 amide bonds. The maximum absolute atomic E-state index is 15.9. The molecule has 1 aliphatic carbocycles. The number of amides is 4. The highest BCUT2D eigenvalue weighted by Gasteiger charge is 2.42. The summed E-state index contributed by atoms with van der Waals surface area (Å²) in [5, 5.41) is 9.25. The van der Waals surface area contributed by atoms with E-state index >= 15 is 4.39 Å². The Bertz CT molecular complexity index is 2540. The molecule has 5 aliphatic rings. The minimum Gasteiger partial charge on any atom is -0.478 e. The zero-order chi connectivity index (χ0) is 44.8. The van der Waals surface area contributed by atoms with E-state index in [1.165, 1.54) is 11.9 Å². The summed E-state index contributed by atoms with van der Waals surface area (Å²) in [6.07, 6.45) is 5.35. The number of benzene rings is 2. The molecule has 6 heterocycles. The van der Waals surface area contributed by atoms with Crippen LogP contribution in [-0.4, -0.2) is 118 Å². The lowest BCUT2D eigenvalue weighted by molar-refractivity contribution is -0.137. The predicted octanol–water partition coefficient (Wildman–Crippen LogP) is 5.00. The van der Waals surface area contributed by atoms with Crippen LogP contribution in [0.15, 0.2) is 53.5 Å². The fraction of sp³-hybridized carbons (Fsp3) is 0.500. The molecule has 0 unspecified atom stereocenters. The van der Waals surface area contributed by atoms with Crippen LogP contribution in [0.3, 0.4) is 0 Å². The number of rotatable bonds is 12. The van der Waals surface area contributed by atoms with Crippen LogP contribution in [-0.2, 0) is 25.7 Å².